The minimum absolute atomic E-state index is 0.393. The summed E-state index contributed by atoms with van der Waals surface area (Å²) in [6.45, 7) is 2.93. The number of hydroxylamine groups is 1. The van der Waals surface area contributed by atoms with Crippen molar-refractivity contribution in [3.63, 3.8) is 0 Å². The van der Waals surface area contributed by atoms with Crippen molar-refractivity contribution in [2.45, 2.75) is 19.4 Å². The molecule has 0 aromatic heterocycles. The molecule has 0 bridgehead atoms. The monoisotopic (exact) mass is 163 g/mol. The van der Waals surface area contributed by atoms with Crippen LogP contribution in [-0.2, 0) is 4.84 Å². The summed E-state index contributed by atoms with van der Waals surface area (Å²) in [6, 6.07) is 8.93. The molecule has 1 aromatic carbocycles. The Balaban J connectivity index is 2.21. The van der Waals surface area contributed by atoms with Crippen LogP contribution >= 0.6 is 0 Å². The van der Waals surface area contributed by atoms with Crippen LogP contribution in [-0.4, -0.2) is 6.61 Å². The van der Waals surface area contributed by atoms with Gasteiger partial charge in [0, 0.05) is 0 Å². The van der Waals surface area contributed by atoms with Crippen LogP contribution in [0.3, 0.4) is 0 Å². The van der Waals surface area contributed by atoms with Crippen molar-refractivity contribution in [3.05, 3.63) is 35.4 Å². The normalized spacial score (nSPS) is 22.9. The number of hydrogen-bond donors (Lipinski definition) is 1. The molecule has 1 fully saturated rings. The van der Waals surface area contributed by atoms with Gasteiger partial charge < -0.3 is 4.84 Å². The summed E-state index contributed by atoms with van der Waals surface area (Å²) in [7, 11) is 0. The van der Waals surface area contributed by atoms with E-state index in [1.165, 1.54) is 11.1 Å². The first-order chi connectivity index (χ1) is 5.86. The summed E-state index contributed by atoms with van der Waals surface area (Å²) in [5, 5.41) is 0. The van der Waals surface area contributed by atoms with Crippen LogP contribution in [0.4, 0.5) is 0 Å². The smallest absolute Gasteiger partial charge is 0.0701 e. The first-order valence-corrected chi connectivity index (χ1v) is 4.30. The zero-order valence-corrected chi connectivity index (χ0v) is 7.21. The van der Waals surface area contributed by atoms with E-state index in [0.29, 0.717) is 6.04 Å². The highest BCUT2D eigenvalue weighted by atomic mass is 16.7. The maximum atomic E-state index is 5.10. The van der Waals surface area contributed by atoms with Gasteiger partial charge in [-0.1, -0.05) is 29.8 Å². The van der Waals surface area contributed by atoms with Gasteiger partial charge in [-0.3, -0.25) is 0 Å². The average Bonchev–Trinajstić information content (AvgIpc) is 2.56. The van der Waals surface area contributed by atoms with Crippen molar-refractivity contribution in [1.82, 2.24) is 5.48 Å². The van der Waals surface area contributed by atoms with Gasteiger partial charge in [-0.2, -0.15) is 5.48 Å². The summed E-state index contributed by atoms with van der Waals surface area (Å²) in [6.07, 6.45) is 1.07. The lowest BCUT2D eigenvalue weighted by molar-refractivity contribution is 0.0883. The summed E-state index contributed by atoms with van der Waals surface area (Å²) >= 11 is 0. The van der Waals surface area contributed by atoms with Crippen LogP contribution in [0.1, 0.15) is 23.6 Å². The van der Waals surface area contributed by atoms with Gasteiger partial charge in [0.25, 0.3) is 0 Å². The third-order valence-electron chi connectivity index (χ3n) is 2.18. The van der Waals surface area contributed by atoms with Gasteiger partial charge in [0.05, 0.1) is 12.6 Å². The molecular weight excluding hydrogens is 150 g/mol. The van der Waals surface area contributed by atoms with E-state index in [0.717, 1.165) is 13.0 Å². The van der Waals surface area contributed by atoms with Gasteiger partial charge in [-0.25, -0.2) is 0 Å². The highest BCUT2D eigenvalue weighted by Gasteiger charge is 2.16. The predicted octanol–water partition coefficient (Wildman–Crippen LogP) is 1.96. The maximum absolute atomic E-state index is 5.10. The molecule has 0 saturated carbocycles. The van der Waals surface area contributed by atoms with Gasteiger partial charge >= 0.3 is 0 Å². The first kappa shape index (κ1) is 7.77. The molecule has 0 radical (unpaired) electrons. The molecule has 1 aliphatic rings. The predicted molar refractivity (Wildman–Crippen MR) is 47.6 cm³/mol. The maximum Gasteiger partial charge on any atom is 0.0701 e. The molecule has 1 unspecified atom stereocenters. The van der Waals surface area contributed by atoms with Gasteiger partial charge in [-0.15, -0.1) is 0 Å². The van der Waals surface area contributed by atoms with Crippen molar-refractivity contribution in [2.75, 3.05) is 6.61 Å². The Bertz CT molecular complexity index is 266. The van der Waals surface area contributed by atoms with Crippen LogP contribution < -0.4 is 5.48 Å². The highest BCUT2D eigenvalue weighted by molar-refractivity contribution is 5.25. The molecule has 0 spiro atoms. The molecule has 2 heteroatoms. The Labute approximate surface area is 72.5 Å². The lowest BCUT2D eigenvalue weighted by Crippen LogP contribution is -2.11. The second kappa shape index (κ2) is 3.25. The third kappa shape index (κ3) is 1.49. The molecule has 1 N–H and O–H groups in total. The summed E-state index contributed by atoms with van der Waals surface area (Å²) in [4.78, 5) is 5.10. The standard InChI is InChI=1S/C10H13NO/c1-8-3-2-4-9(7-8)10-5-6-12-11-10/h2-4,7,10-11H,5-6H2,1H3. The van der Waals surface area contributed by atoms with Crippen molar-refractivity contribution >= 4 is 0 Å². The zero-order chi connectivity index (χ0) is 8.39. The molecular formula is C10H13NO. The topological polar surface area (TPSA) is 21.3 Å². The molecule has 0 aliphatic carbocycles. The molecule has 1 saturated heterocycles. The Hall–Kier alpha value is -0.860. The van der Waals surface area contributed by atoms with E-state index in [9.17, 15) is 0 Å². The molecule has 1 aromatic rings. The van der Waals surface area contributed by atoms with E-state index in [1.54, 1.807) is 0 Å². The largest absolute Gasteiger partial charge is 0.301 e. The molecule has 1 aliphatic heterocycles. The minimum atomic E-state index is 0.393. The number of rotatable bonds is 1. The SMILES string of the molecule is Cc1cccc(C2CCON2)c1. The van der Waals surface area contributed by atoms with Crippen LogP contribution in [0.25, 0.3) is 0 Å². The lowest BCUT2D eigenvalue weighted by atomic mass is 10.0. The van der Waals surface area contributed by atoms with Crippen molar-refractivity contribution in [3.8, 4) is 0 Å². The number of aryl methyl sites for hydroxylation is 1. The van der Waals surface area contributed by atoms with Crippen molar-refractivity contribution in [2.24, 2.45) is 0 Å². The Kier molecular flexibility index (Phi) is 2.11. The molecule has 0 amide bonds. The van der Waals surface area contributed by atoms with Crippen molar-refractivity contribution in [1.29, 1.82) is 0 Å². The lowest BCUT2D eigenvalue weighted by Gasteiger charge is -2.08. The Morgan fingerprint density at radius 2 is 2.42 bits per heavy atom. The second-order valence-corrected chi connectivity index (χ2v) is 3.22. The number of benzene rings is 1. The summed E-state index contributed by atoms with van der Waals surface area (Å²) < 4.78 is 0. The molecule has 1 heterocycles. The highest BCUT2D eigenvalue weighted by Crippen LogP contribution is 2.21. The number of nitrogens with one attached hydrogen (secondary N) is 1. The van der Waals surface area contributed by atoms with E-state index in [4.69, 9.17) is 4.84 Å². The molecule has 1 atom stereocenters. The molecule has 2 nitrogen and oxygen atoms in total. The number of hydrogen-bond acceptors (Lipinski definition) is 2. The fraction of sp³-hybridized carbons (Fsp3) is 0.400. The van der Waals surface area contributed by atoms with E-state index >= 15 is 0 Å². The molecule has 64 valence electrons. The van der Waals surface area contributed by atoms with Crippen LogP contribution in [0.5, 0.6) is 0 Å². The minimum Gasteiger partial charge on any atom is -0.301 e. The van der Waals surface area contributed by atoms with E-state index in [2.05, 4.69) is 36.7 Å². The van der Waals surface area contributed by atoms with Crippen molar-refractivity contribution < 1.29 is 4.84 Å². The molecule has 2 rings (SSSR count). The van der Waals surface area contributed by atoms with Crippen LogP contribution in [0, 0.1) is 6.92 Å². The van der Waals surface area contributed by atoms with Gasteiger partial charge in [-0.05, 0) is 18.9 Å². The van der Waals surface area contributed by atoms with Gasteiger partial charge in [0.15, 0.2) is 0 Å². The third-order valence-corrected chi connectivity index (χ3v) is 2.18. The first-order valence-electron chi connectivity index (χ1n) is 4.30. The van der Waals surface area contributed by atoms with E-state index in [-0.39, 0.29) is 0 Å². The van der Waals surface area contributed by atoms with Crippen LogP contribution in [0.15, 0.2) is 24.3 Å². The summed E-state index contributed by atoms with van der Waals surface area (Å²) in [5.74, 6) is 0. The quantitative estimate of drug-likeness (QED) is 0.683. The zero-order valence-electron chi connectivity index (χ0n) is 7.21. The fourth-order valence-electron chi connectivity index (χ4n) is 1.52. The van der Waals surface area contributed by atoms with E-state index in [1.807, 2.05) is 0 Å². The second-order valence-electron chi connectivity index (χ2n) is 3.22. The van der Waals surface area contributed by atoms with Gasteiger partial charge in [0.2, 0.25) is 0 Å². The fourth-order valence-corrected chi connectivity index (χ4v) is 1.52. The molecule has 12 heavy (non-hydrogen) atoms. The Morgan fingerprint density at radius 3 is 3.08 bits per heavy atom. The summed E-state index contributed by atoms with van der Waals surface area (Å²) in [5.41, 5.74) is 5.63. The van der Waals surface area contributed by atoms with Crippen LogP contribution in [0.2, 0.25) is 0 Å². The van der Waals surface area contributed by atoms with E-state index < -0.39 is 0 Å². The van der Waals surface area contributed by atoms with Gasteiger partial charge in [0.1, 0.15) is 0 Å². The Morgan fingerprint density at radius 1 is 1.50 bits per heavy atom. The average molecular weight is 163 g/mol.